The summed E-state index contributed by atoms with van der Waals surface area (Å²) >= 11 is 0. The second-order valence-electron chi connectivity index (χ2n) is 9.09. The first-order chi connectivity index (χ1) is 17.3. The first-order valence-corrected chi connectivity index (χ1v) is 11.6. The molecule has 36 heavy (non-hydrogen) atoms. The summed E-state index contributed by atoms with van der Waals surface area (Å²) in [4.78, 5) is 12.2. The van der Waals surface area contributed by atoms with Crippen molar-refractivity contribution in [2.75, 3.05) is 43.4 Å². The third-order valence-electron chi connectivity index (χ3n) is 6.52. The van der Waals surface area contributed by atoms with Crippen molar-refractivity contribution in [2.24, 2.45) is 0 Å². The summed E-state index contributed by atoms with van der Waals surface area (Å²) < 4.78 is 50.0. The molecule has 5 rings (SSSR count). The first-order valence-electron chi connectivity index (χ1n) is 11.6. The molecule has 2 N–H and O–H groups in total. The van der Waals surface area contributed by atoms with E-state index in [1.54, 1.807) is 19.1 Å². The lowest BCUT2D eigenvalue weighted by Crippen LogP contribution is -2.44. The number of rotatable bonds is 6. The quantitative estimate of drug-likeness (QED) is 0.514. The van der Waals surface area contributed by atoms with Gasteiger partial charge in [-0.1, -0.05) is 11.6 Å². The van der Waals surface area contributed by atoms with Gasteiger partial charge in [0.15, 0.2) is 17.4 Å². The van der Waals surface area contributed by atoms with Gasteiger partial charge in [-0.15, -0.1) is 0 Å². The van der Waals surface area contributed by atoms with Crippen LogP contribution in [-0.4, -0.2) is 53.2 Å². The Balaban J connectivity index is 1.39. The number of aromatic nitrogens is 2. The molecule has 0 atom stereocenters. The number of likely N-dealkylation sites (N-methyl/N-ethyl adjacent to an activating group) is 1. The Morgan fingerprint density at radius 2 is 1.83 bits per heavy atom. The average molecular weight is 498 g/mol. The molecule has 0 radical (unpaired) electrons. The minimum absolute atomic E-state index is 0.100. The summed E-state index contributed by atoms with van der Waals surface area (Å²) in [5.74, 6) is -3.62. The van der Waals surface area contributed by atoms with E-state index in [0.29, 0.717) is 17.7 Å². The molecule has 1 fully saturated rings. The summed E-state index contributed by atoms with van der Waals surface area (Å²) in [5, 5.41) is 12.8. The number of nitrogens with zero attached hydrogens (tertiary/aromatic N) is 4. The van der Waals surface area contributed by atoms with Crippen molar-refractivity contribution < 1.29 is 23.0 Å². The zero-order valence-corrected chi connectivity index (χ0v) is 20.0. The molecule has 0 unspecified atom stereocenters. The third kappa shape index (κ3) is 4.61. The van der Waals surface area contributed by atoms with Gasteiger partial charge in [-0.2, -0.15) is 9.37 Å². The van der Waals surface area contributed by atoms with Gasteiger partial charge in [-0.25, -0.2) is 13.8 Å². The number of allylic oxidation sites excluding steroid dienone is 1. The Labute approximate surface area is 206 Å². The molecule has 2 aromatic carbocycles. The van der Waals surface area contributed by atoms with E-state index in [1.807, 2.05) is 12.1 Å². The summed E-state index contributed by atoms with van der Waals surface area (Å²) in [6.07, 6.45) is 2.92. The first kappa shape index (κ1) is 24.1. The highest BCUT2D eigenvalue weighted by Gasteiger charge is 2.24. The van der Waals surface area contributed by atoms with Crippen LogP contribution in [0, 0.1) is 17.5 Å². The highest BCUT2D eigenvalue weighted by molar-refractivity contribution is 5.67. The topological polar surface area (TPSA) is 73.8 Å². The number of aliphatic hydroxyl groups is 1. The summed E-state index contributed by atoms with van der Waals surface area (Å²) in [7, 11) is 2.07. The molecule has 7 nitrogen and oxygen atoms in total. The minimum atomic E-state index is -0.975. The Morgan fingerprint density at radius 1 is 1.06 bits per heavy atom. The Kier molecular flexibility index (Phi) is 6.55. The molecule has 0 spiro atoms. The second-order valence-corrected chi connectivity index (χ2v) is 9.09. The maximum Gasteiger partial charge on any atom is 0.261 e. The fourth-order valence-corrected chi connectivity index (χ4v) is 4.48. The number of hydrogen-bond donors (Lipinski definition) is 2. The average Bonchev–Trinajstić information content (AvgIpc) is 3.28. The van der Waals surface area contributed by atoms with Gasteiger partial charge in [0.25, 0.3) is 5.88 Å². The molecule has 1 aliphatic heterocycles. The molecular weight excluding hydrogens is 471 g/mol. The molecule has 2 aliphatic rings. The van der Waals surface area contributed by atoms with Gasteiger partial charge < -0.3 is 25.0 Å². The molecule has 188 valence electrons. The summed E-state index contributed by atoms with van der Waals surface area (Å²) in [6.45, 7) is 5.11. The van der Waals surface area contributed by atoms with Crippen LogP contribution >= 0.6 is 0 Å². The van der Waals surface area contributed by atoms with E-state index in [1.165, 1.54) is 0 Å². The SMILES string of the molecule is CC1=Cc2c(F)c(Oc3ncnc(Nc4ccc(N5CCN(C)CC5)cc4CO)c3F)cc(F)c2C1. The van der Waals surface area contributed by atoms with Crippen LogP contribution in [0.5, 0.6) is 11.6 Å². The Bertz CT molecular complexity index is 1340. The van der Waals surface area contributed by atoms with Crippen LogP contribution in [0.1, 0.15) is 23.6 Å². The van der Waals surface area contributed by atoms with Crippen molar-refractivity contribution in [1.82, 2.24) is 14.9 Å². The number of anilines is 3. The maximum atomic E-state index is 15.2. The van der Waals surface area contributed by atoms with Crippen LogP contribution in [0.4, 0.5) is 30.4 Å². The largest absolute Gasteiger partial charge is 0.433 e. The van der Waals surface area contributed by atoms with Crippen LogP contribution < -0.4 is 15.0 Å². The van der Waals surface area contributed by atoms with Gasteiger partial charge in [0, 0.05) is 60.3 Å². The lowest BCUT2D eigenvalue weighted by Gasteiger charge is -2.34. The Morgan fingerprint density at radius 3 is 2.58 bits per heavy atom. The number of piperazine rings is 1. The monoisotopic (exact) mass is 497 g/mol. The standard InChI is InChI=1S/C26H26F3N5O2/c1-15-9-18-19(10-15)23(28)22(12-20(18)27)36-26-24(29)25(30-14-31-26)32-21-4-3-17(11-16(21)13-35)34-7-5-33(2)6-8-34/h3-4,10-12,14,35H,5-9,13H2,1-2H3,(H,30,31,32). The fourth-order valence-electron chi connectivity index (χ4n) is 4.48. The van der Waals surface area contributed by atoms with E-state index in [4.69, 9.17) is 4.74 Å². The number of fused-ring (bicyclic) bond motifs is 1. The summed E-state index contributed by atoms with van der Waals surface area (Å²) in [5.41, 5.74) is 3.14. The molecule has 2 heterocycles. The molecular formula is C26H26F3N5O2. The number of nitrogens with one attached hydrogen (secondary N) is 1. The Hall–Kier alpha value is -3.63. The van der Waals surface area contributed by atoms with Crippen molar-refractivity contribution in [3.8, 4) is 11.6 Å². The van der Waals surface area contributed by atoms with Gasteiger partial charge in [0.05, 0.1) is 6.61 Å². The van der Waals surface area contributed by atoms with Crippen LogP contribution in [-0.2, 0) is 13.0 Å². The van der Waals surface area contributed by atoms with Crippen LogP contribution in [0.2, 0.25) is 0 Å². The van der Waals surface area contributed by atoms with Gasteiger partial charge in [0.2, 0.25) is 5.82 Å². The third-order valence-corrected chi connectivity index (χ3v) is 6.52. The zero-order valence-electron chi connectivity index (χ0n) is 20.0. The van der Waals surface area contributed by atoms with Crippen LogP contribution in [0.15, 0.2) is 36.2 Å². The molecule has 0 amide bonds. The highest BCUT2D eigenvalue weighted by atomic mass is 19.1. The zero-order chi connectivity index (χ0) is 25.4. The predicted molar refractivity (Wildman–Crippen MR) is 131 cm³/mol. The lowest BCUT2D eigenvalue weighted by molar-refractivity contribution is 0.282. The molecule has 3 aromatic rings. The molecule has 0 saturated carbocycles. The normalized spacial score (nSPS) is 15.6. The van der Waals surface area contributed by atoms with Crippen LogP contribution in [0.25, 0.3) is 6.08 Å². The van der Waals surface area contributed by atoms with Crippen molar-refractivity contribution in [3.63, 3.8) is 0 Å². The number of aliphatic hydroxyl groups excluding tert-OH is 1. The summed E-state index contributed by atoms with van der Waals surface area (Å²) in [6, 6.07) is 6.38. The molecule has 1 saturated heterocycles. The number of halogens is 3. The van der Waals surface area contributed by atoms with Crippen molar-refractivity contribution in [1.29, 1.82) is 0 Å². The number of ether oxygens (including phenoxy) is 1. The number of hydrogen-bond acceptors (Lipinski definition) is 7. The minimum Gasteiger partial charge on any atom is -0.433 e. The van der Waals surface area contributed by atoms with E-state index >= 15 is 4.39 Å². The maximum absolute atomic E-state index is 15.2. The fraction of sp³-hybridized carbons (Fsp3) is 0.308. The van der Waals surface area contributed by atoms with Gasteiger partial charge in [0.1, 0.15) is 12.1 Å². The van der Waals surface area contributed by atoms with Gasteiger partial charge >= 0.3 is 0 Å². The van der Waals surface area contributed by atoms with Crippen molar-refractivity contribution in [2.45, 2.75) is 20.0 Å². The van der Waals surface area contributed by atoms with Crippen LogP contribution in [0.3, 0.4) is 0 Å². The molecule has 1 aliphatic carbocycles. The van der Waals surface area contributed by atoms with Gasteiger partial charge in [-0.05, 0) is 38.6 Å². The van der Waals surface area contributed by atoms with E-state index in [2.05, 4.69) is 32.1 Å². The smallest absolute Gasteiger partial charge is 0.261 e. The highest BCUT2D eigenvalue weighted by Crippen LogP contribution is 2.37. The molecule has 1 aromatic heterocycles. The van der Waals surface area contributed by atoms with E-state index < -0.39 is 29.1 Å². The second kappa shape index (κ2) is 9.79. The molecule has 0 bridgehead atoms. The van der Waals surface area contributed by atoms with E-state index in [9.17, 15) is 13.9 Å². The van der Waals surface area contributed by atoms with E-state index in [-0.39, 0.29) is 23.6 Å². The van der Waals surface area contributed by atoms with Crippen molar-refractivity contribution >= 4 is 23.3 Å². The van der Waals surface area contributed by atoms with Crippen molar-refractivity contribution in [3.05, 3.63) is 70.3 Å². The predicted octanol–water partition coefficient (Wildman–Crippen LogP) is 4.63. The molecule has 10 heteroatoms. The van der Waals surface area contributed by atoms with E-state index in [0.717, 1.165) is 49.8 Å². The van der Waals surface area contributed by atoms with Gasteiger partial charge in [-0.3, -0.25) is 0 Å². The lowest BCUT2D eigenvalue weighted by atomic mass is 10.1. The number of benzene rings is 2.